The Kier molecular flexibility index (Phi) is 4.27. The molecule has 0 radical (unpaired) electrons. The maximum absolute atomic E-state index is 5.95. The molecule has 3 rings (SSSR count). The van der Waals surface area contributed by atoms with Crippen molar-refractivity contribution >= 4 is 0 Å². The predicted molar refractivity (Wildman–Crippen MR) is 82.1 cm³/mol. The summed E-state index contributed by atoms with van der Waals surface area (Å²) < 4.78 is 5.82. The van der Waals surface area contributed by atoms with E-state index < -0.39 is 0 Å². The maximum atomic E-state index is 5.95. The van der Waals surface area contributed by atoms with E-state index in [1.165, 1.54) is 24.8 Å². The van der Waals surface area contributed by atoms with Gasteiger partial charge in [-0.15, -0.1) is 0 Å². The Morgan fingerprint density at radius 3 is 2.95 bits per heavy atom. The summed E-state index contributed by atoms with van der Waals surface area (Å²) in [6, 6.07) is 9.16. The third-order valence-corrected chi connectivity index (χ3v) is 5.05. The van der Waals surface area contributed by atoms with E-state index in [9.17, 15) is 0 Å². The van der Waals surface area contributed by atoms with Crippen molar-refractivity contribution in [3.8, 4) is 5.75 Å². The molecular formula is C17H26N2O. The standard InChI is InChI=1S/C17H26N2O/c1-2-19(16-8-5-6-13(16)10-18)11-14-12-20-17-9-4-3-7-15(14)17/h3-4,7,9,13-14,16H,2,5-6,8,10-12,18H2,1H3. The van der Waals surface area contributed by atoms with Crippen molar-refractivity contribution in [2.75, 3.05) is 26.2 Å². The highest BCUT2D eigenvalue weighted by Gasteiger charge is 2.33. The van der Waals surface area contributed by atoms with Gasteiger partial charge in [0.15, 0.2) is 0 Å². The van der Waals surface area contributed by atoms with E-state index >= 15 is 0 Å². The van der Waals surface area contributed by atoms with E-state index in [1.54, 1.807) is 0 Å². The Labute approximate surface area is 122 Å². The smallest absolute Gasteiger partial charge is 0.122 e. The van der Waals surface area contributed by atoms with Gasteiger partial charge in [0.25, 0.3) is 0 Å². The third kappa shape index (κ3) is 2.57. The fourth-order valence-electron chi connectivity index (χ4n) is 3.94. The molecule has 2 N–H and O–H groups in total. The van der Waals surface area contributed by atoms with E-state index in [4.69, 9.17) is 10.5 Å². The fraction of sp³-hybridized carbons (Fsp3) is 0.647. The average molecular weight is 274 g/mol. The molecule has 3 unspecified atom stereocenters. The van der Waals surface area contributed by atoms with Crippen LogP contribution in [0.4, 0.5) is 0 Å². The largest absolute Gasteiger partial charge is 0.493 e. The Balaban J connectivity index is 1.70. The molecule has 0 saturated heterocycles. The summed E-state index contributed by atoms with van der Waals surface area (Å²) in [5.74, 6) is 2.29. The normalized spacial score (nSPS) is 28.6. The van der Waals surface area contributed by atoms with Gasteiger partial charge < -0.3 is 10.5 Å². The van der Waals surface area contributed by atoms with Gasteiger partial charge in [0.05, 0.1) is 6.61 Å². The summed E-state index contributed by atoms with van der Waals surface area (Å²) in [5, 5.41) is 0. The minimum Gasteiger partial charge on any atom is -0.493 e. The van der Waals surface area contributed by atoms with Crippen LogP contribution in [0.2, 0.25) is 0 Å². The van der Waals surface area contributed by atoms with Crippen molar-refractivity contribution in [3.05, 3.63) is 29.8 Å². The Morgan fingerprint density at radius 2 is 2.15 bits per heavy atom. The third-order valence-electron chi connectivity index (χ3n) is 5.05. The van der Waals surface area contributed by atoms with Crippen molar-refractivity contribution in [3.63, 3.8) is 0 Å². The first kappa shape index (κ1) is 13.9. The number of benzene rings is 1. The van der Waals surface area contributed by atoms with Crippen LogP contribution < -0.4 is 10.5 Å². The van der Waals surface area contributed by atoms with Gasteiger partial charge in [0.2, 0.25) is 0 Å². The maximum Gasteiger partial charge on any atom is 0.122 e. The highest BCUT2D eigenvalue weighted by Crippen LogP contribution is 2.36. The number of hydrogen-bond acceptors (Lipinski definition) is 3. The second-order valence-corrected chi connectivity index (χ2v) is 6.13. The first-order chi connectivity index (χ1) is 9.83. The van der Waals surface area contributed by atoms with Crippen LogP contribution in [0.1, 0.15) is 37.7 Å². The van der Waals surface area contributed by atoms with Crippen molar-refractivity contribution < 1.29 is 4.74 Å². The number of rotatable bonds is 5. The average Bonchev–Trinajstić information content (AvgIpc) is 3.11. The molecule has 0 aromatic heterocycles. The molecule has 3 nitrogen and oxygen atoms in total. The minimum absolute atomic E-state index is 0.519. The number of nitrogens with two attached hydrogens (primary N) is 1. The van der Waals surface area contributed by atoms with Crippen LogP contribution in [0.3, 0.4) is 0 Å². The van der Waals surface area contributed by atoms with Gasteiger partial charge in [-0.3, -0.25) is 4.90 Å². The molecule has 1 aliphatic carbocycles. The Bertz CT molecular complexity index is 448. The molecular weight excluding hydrogens is 248 g/mol. The number of nitrogens with zero attached hydrogens (tertiary/aromatic N) is 1. The highest BCUT2D eigenvalue weighted by molar-refractivity contribution is 5.39. The number of ether oxygens (including phenoxy) is 1. The topological polar surface area (TPSA) is 38.5 Å². The van der Waals surface area contributed by atoms with Crippen molar-refractivity contribution in [2.24, 2.45) is 11.7 Å². The fourth-order valence-corrected chi connectivity index (χ4v) is 3.94. The minimum atomic E-state index is 0.519. The molecule has 1 saturated carbocycles. The molecule has 1 heterocycles. The number of fused-ring (bicyclic) bond motifs is 1. The van der Waals surface area contributed by atoms with Crippen LogP contribution >= 0.6 is 0 Å². The van der Waals surface area contributed by atoms with Gasteiger partial charge in [-0.1, -0.05) is 31.5 Å². The predicted octanol–water partition coefficient (Wildman–Crippen LogP) is 2.61. The molecule has 0 spiro atoms. The zero-order valence-electron chi connectivity index (χ0n) is 12.4. The zero-order chi connectivity index (χ0) is 13.9. The second kappa shape index (κ2) is 6.15. The SMILES string of the molecule is CCN(CC1COc2ccccc21)C1CCCC1CN. The summed E-state index contributed by atoms with van der Waals surface area (Å²) in [6.45, 7) is 6.15. The molecule has 2 aliphatic rings. The molecule has 1 aliphatic heterocycles. The molecule has 0 bridgehead atoms. The van der Waals surface area contributed by atoms with E-state index in [0.29, 0.717) is 17.9 Å². The second-order valence-electron chi connectivity index (χ2n) is 6.13. The summed E-state index contributed by atoms with van der Waals surface area (Å²) in [5.41, 5.74) is 7.33. The molecule has 20 heavy (non-hydrogen) atoms. The first-order valence-electron chi connectivity index (χ1n) is 7.99. The van der Waals surface area contributed by atoms with E-state index in [1.807, 2.05) is 0 Å². The van der Waals surface area contributed by atoms with Gasteiger partial charge in [-0.05, 0) is 37.9 Å². The van der Waals surface area contributed by atoms with Gasteiger partial charge in [0, 0.05) is 24.1 Å². The van der Waals surface area contributed by atoms with Gasteiger partial charge in [-0.25, -0.2) is 0 Å². The molecule has 0 amide bonds. The lowest BCUT2D eigenvalue weighted by Crippen LogP contribution is -2.42. The van der Waals surface area contributed by atoms with Crippen LogP contribution in [0.25, 0.3) is 0 Å². The number of likely N-dealkylation sites (N-methyl/N-ethyl adjacent to an activating group) is 1. The number of hydrogen-bond donors (Lipinski definition) is 1. The lowest BCUT2D eigenvalue weighted by Gasteiger charge is -2.33. The van der Waals surface area contributed by atoms with Crippen LogP contribution in [0.5, 0.6) is 5.75 Å². The highest BCUT2D eigenvalue weighted by atomic mass is 16.5. The number of para-hydroxylation sites is 1. The lowest BCUT2D eigenvalue weighted by atomic mass is 9.97. The van der Waals surface area contributed by atoms with Gasteiger partial charge in [-0.2, -0.15) is 0 Å². The van der Waals surface area contributed by atoms with Crippen LogP contribution in [-0.4, -0.2) is 37.2 Å². The lowest BCUT2D eigenvalue weighted by molar-refractivity contribution is 0.153. The van der Waals surface area contributed by atoms with Crippen LogP contribution in [0, 0.1) is 5.92 Å². The molecule has 3 atom stereocenters. The summed E-state index contributed by atoms with van der Waals surface area (Å²) in [6.07, 6.45) is 3.95. The summed E-state index contributed by atoms with van der Waals surface area (Å²) in [7, 11) is 0. The quantitative estimate of drug-likeness (QED) is 0.897. The Hall–Kier alpha value is -1.06. The molecule has 3 heteroatoms. The molecule has 1 aromatic carbocycles. The van der Waals surface area contributed by atoms with E-state index in [-0.39, 0.29) is 0 Å². The molecule has 110 valence electrons. The van der Waals surface area contributed by atoms with Crippen molar-refractivity contribution in [2.45, 2.75) is 38.1 Å². The van der Waals surface area contributed by atoms with Crippen molar-refractivity contribution in [1.29, 1.82) is 0 Å². The summed E-state index contributed by atoms with van der Waals surface area (Å²) >= 11 is 0. The monoisotopic (exact) mass is 274 g/mol. The van der Waals surface area contributed by atoms with E-state index in [2.05, 4.69) is 36.1 Å². The van der Waals surface area contributed by atoms with Crippen LogP contribution in [0.15, 0.2) is 24.3 Å². The van der Waals surface area contributed by atoms with Crippen molar-refractivity contribution in [1.82, 2.24) is 4.90 Å². The Morgan fingerprint density at radius 1 is 1.30 bits per heavy atom. The molecule has 1 fully saturated rings. The molecule has 1 aromatic rings. The van der Waals surface area contributed by atoms with Crippen LogP contribution in [-0.2, 0) is 0 Å². The van der Waals surface area contributed by atoms with E-state index in [0.717, 1.165) is 32.0 Å². The summed E-state index contributed by atoms with van der Waals surface area (Å²) in [4.78, 5) is 2.64. The van der Waals surface area contributed by atoms with Gasteiger partial charge >= 0.3 is 0 Å². The van der Waals surface area contributed by atoms with Gasteiger partial charge in [0.1, 0.15) is 5.75 Å². The zero-order valence-corrected chi connectivity index (χ0v) is 12.4. The first-order valence-corrected chi connectivity index (χ1v) is 7.99.